The lowest BCUT2D eigenvalue weighted by atomic mass is 9.93. The molecule has 66 valence electrons. The van der Waals surface area contributed by atoms with Gasteiger partial charge >= 0.3 is 0 Å². The Morgan fingerprint density at radius 3 is 3.00 bits per heavy atom. The highest BCUT2D eigenvalue weighted by Gasteiger charge is 2.10. The topological polar surface area (TPSA) is 25.8 Å². The Morgan fingerprint density at radius 2 is 2.15 bits per heavy atom. The standard InChI is InChI=1S/C11H12N2/c1-11(2)5-3-4-10-9(6-11)7-12-8-13-10/h3-8H,1-2H3. The molecule has 0 radical (unpaired) electrons. The van der Waals surface area contributed by atoms with E-state index in [0.717, 1.165) is 10.6 Å². The van der Waals surface area contributed by atoms with Crippen molar-refractivity contribution in [1.29, 1.82) is 0 Å². The van der Waals surface area contributed by atoms with Gasteiger partial charge in [-0.2, -0.15) is 0 Å². The van der Waals surface area contributed by atoms with Crippen LogP contribution in [0.4, 0.5) is 0 Å². The fourth-order valence-electron chi connectivity index (χ4n) is 1.44. The van der Waals surface area contributed by atoms with E-state index in [-0.39, 0.29) is 5.41 Å². The molecular formula is C11H12N2. The number of allylic oxidation sites excluding steroid dienone is 2. The minimum absolute atomic E-state index is 0.0897. The molecule has 2 heteroatoms. The van der Waals surface area contributed by atoms with E-state index >= 15 is 0 Å². The average Bonchev–Trinajstić information content (AvgIpc) is 2.21. The summed E-state index contributed by atoms with van der Waals surface area (Å²) in [5.41, 5.74) is 0.0897. The molecule has 1 aromatic rings. The highest BCUT2D eigenvalue weighted by Crippen LogP contribution is 2.18. The number of fused-ring (bicyclic) bond motifs is 1. The maximum atomic E-state index is 4.20. The van der Waals surface area contributed by atoms with Crippen molar-refractivity contribution < 1.29 is 0 Å². The summed E-state index contributed by atoms with van der Waals surface area (Å²) < 4.78 is 0. The van der Waals surface area contributed by atoms with Gasteiger partial charge in [0.25, 0.3) is 0 Å². The zero-order chi connectivity index (χ0) is 9.31. The Hall–Kier alpha value is -1.44. The van der Waals surface area contributed by atoms with Crippen molar-refractivity contribution in [3.05, 3.63) is 35.2 Å². The highest BCUT2D eigenvalue weighted by molar-refractivity contribution is 5.46. The maximum Gasteiger partial charge on any atom is 0.116 e. The van der Waals surface area contributed by atoms with E-state index < -0.39 is 0 Å². The van der Waals surface area contributed by atoms with Crippen LogP contribution in [0.1, 0.15) is 13.8 Å². The molecule has 0 N–H and O–H groups in total. The predicted molar refractivity (Wildman–Crippen MR) is 53.1 cm³/mol. The Labute approximate surface area is 77.4 Å². The van der Waals surface area contributed by atoms with Crippen LogP contribution in [0.2, 0.25) is 0 Å². The zero-order valence-corrected chi connectivity index (χ0v) is 7.86. The summed E-state index contributed by atoms with van der Waals surface area (Å²) in [4.78, 5) is 8.21. The third-order valence-electron chi connectivity index (χ3n) is 2.08. The van der Waals surface area contributed by atoms with Gasteiger partial charge in [-0.1, -0.05) is 32.1 Å². The lowest BCUT2D eigenvalue weighted by Crippen LogP contribution is -2.29. The molecule has 0 aliphatic heterocycles. The van der Waals surface area contributed by atoms with Crippen LogP contribution < -0.4 is 10.6 Å². The minimum atomic E-state index is 0.0897. The summed E-state index contributed by atoms with van der Waals surface area (Å²) in [6, 6.07) is 0. The van der Waals surface area contributed by atoms with E-state index in [1.165, 1.54) is 0 Å². The second-order valence-electron chi connectivity index (χ2n) is 3.85. The smallest absolute Gasteiger partial charge is 0.116 e. The molecule has 0 spiro atoms. The van der Waals surface area contributed by atoms with Gasteiger partial charge in [-0.3, -0.25) is 0 Å². The van der Waals surface area contributed by atoms with Crippen molar-refractivity contribution >= 4 is 12.2 Å². The first-order valence-electron chi connectivity index (χ1n) is 4.36. The molecule has 0 unspecified atom stereocenters. The summed E-state index contributed by atoms with van der Waals surface area (Å²) in [6.45, 7) is 4.33. The summed E-state index contributed by atoms with van der Waals surface area (Å²) in [6.07, 6.45) is 11.8. The number of rotatable bonds is 0. The molecule has 0 bridgehead atoms. The Kier molecular flexibility index (Phi) is 1.76. The van der Waals surface area contributed by atoms with Crippen LogP contribution in [0, 0.1) is 5.41 Å². The molecule has 2 nitrogen and oxygen atoms in total. The largest absolute Gasteiger partial charge is 0.244 e. The SMILES string of the molecule is CC1(C)C=CC=c2ncncc2=C1. The van der Waals surface area contributed by atoms with Gasteiger partial charge in [-0.15, -0.1) is 0 Å². The predicted octanol–water partition coefficient (Wildman–Crippen LogP) is 0.634. The van der Waals surface area contributed by atoms with Crippen molar-refractivity contribution in [3.63, 3.8) is 0 Å². The molecule has 1 aliphatic rings. The molecule has 0 atom stereocenters. The first-order chi connectivity index (χ1) is 6.17. The third kappa shape index (κ3) is 1.66. The monoisotopic (exact) mass is 172 g/mol. The van der Waals surface area contributed by atoms with Crippen molar-refractivity contribution in [2.24, 2.45) is 5.41 Å². The van der Waals surface area contributed by atoms with Gasteiger partial charge in [0.1, 0.15) is 6.33 Å². The molecule has 2 rings (SSSR count). The van der Waals surface area contributed by atoms with Gasteiger partial charge in [0.05, 0.1) is 5.35 Å². The normalized spacial score (nSPS) is 18.0. The van der Waals surface area contributed by atoms with Crippen molar-refractivity contribution in [2.75, 3.05) is 0 Å². The first kappa shape index (κ1) is 8.17. The molecule has 1 aliphatic carbocycles. The van der Waals surface area contributed by atoms with Crippen molar-refractivity contribution in [2.45, 2.75) is 13.8 Å². The molecule has 0 amide bonds. The lowest BCUT2D eigenvalue weighted by molar-refractivity contribution is 0.670. The molecule has 0 saturated heterocycles. The molecule has 1 aromatic heterocycles. The van der Waals surface area contributed by atoms with E-state index in [1.54, 1.807) is 6.33 Å². The summed E-state index contributed by atoms with van der Waals surface area (Å²) in [7, 11) is 0. The van der Waals surface area contributed by atoms with Gasteiger partial charge in [-0.25, -0.2) is 9.97 Å². The van der Waals surface area contributed by atoms with Crippen LogP contribution in [-0.2, 0) is 0 Å². The van der Waals surface area contributed by atoms with Crippen LogP contribution in [-0.4, -0.2) is 9.97 Å². The van der Waals surface area contributed by atoms with Crippen LogP contribution in [0.5, 0.6) is 0 Å². The van der Waals surface area contributed by atoms with Gasteiger partial charge in [0.15, 0.2) is 0 Å². The van der Waals surface area contributed by atoms with Crippen LogP contribution >= 0.6 is 0 Å². The van der Waals surface area contributed by atoms with Crippen LogP contribution in [0.25, 0.3) is 12.2 Å². The quantitative estimate of drug-likeness (QED) is 0.573. The number of hydrogen-bond donors (Lipinski definition) is 0. The minimum Gasteiger partial charge on any atom is -0.244 e. The second kappa shape index (κ2) is 2.80. The highest BCUT2D eigenvalue weighted by atomic mass is 14.8. The lowest BCUT2D eigenvalue weighted by Gasteiger charge is -2.12. The Balaban J connectivity index is 2.77. The summed E-state index contributed by atoms with van der Waals surface area (Å²) >= 11 is 0. The van der Waals surface area contributed by atoms with Crippen molar-refractivity contribution in [1.82, 2.24) is 9.97 Å². The van der Waals surface area contributed by atoms with E-state index in [4.69, 9.17) is 0 Å². The Morgan fingerprint density at radius 1 is 1.31 bits per heavy atom. The molecule has 13 heavy (non-hydrogen) atoms. The van der Waals surface area contributed by atoms with Gasteiger partial charge in [0.2, 0.25) is 0 Å². The van der Waals surface area contributed by atoms with Crippen LogP contribution in [0.15, 0.2) is 24.7 Å². The van der Waals surface area contributed by atoms with Gasteiger partial charge in [-0.05, 0) is 6.08 Å². The maximum absolute atomic E-state index is 4.20. The molecule has 0 saturated carbocycles. The van der Waals surface area contributed by atoms with Gasteiger partial charge in [0, 0.05) is 16.8 Å². The molecule has 1 heterocycles. The zero-order valence-electron chi connectivity index (χ0n) is 7.86. The fourth-order valence-corrected chi connectivity index (χ4v) is 1.44. The number of aromatic nitrogens is 2. The molecule has 0 aromatic carbocycles. The molecule has 0 fully saturated rings. The summed E-state index contributed by atoms with van der Waals surface area (Å²) in [5, 5.41) is 2.11. The van der Waals surface area contributed by atoms with E-state index in [1.807, 2.05) is 12.3 Å². The average molecular weight is 172 g/mol. The second-order valence-corrected chi connectivity index (χ2v) is 3.85. The first-order valence-corrected chi connectivity index (χ1v) is 4.36. The van der Waals surface area contributed by atoms with E-state index in [0.29, 0.717) is 0 Å². The number of hydrogen-bond acceptors (Lipinski definition) is 2. The molecular weight excluding hydrogens is 160 g/mol. The Bertz CT molecular complexity index is 455. The van der Waals surface area contributed by atoms with Gasteiger partial charge < -0.3 is 0 Å². The van der Waals surface area contributed by atoms with E-state index in [2.05, 4.69) is 42.0 Å². The summed E-state index contributed by atoms with van der Waals surface area (Å²) in [5.74, 6) is 0. The van der Waals surface area contributed by atoms with Crippen molar-refractivity contribution in [3.8, 4) is 0 Å². The van der Waals surface area contributed by atoms with E-state index in [9.17, 15) is 0 Å². The third-order valence-corrected chi connectivity index (χ3v) is 2.08. The number of nitrogens with zero attached hydrogens (tertiary/aromatic N) is 2. The van der Waals surface area contributed by atoms with Crippen LogP contribution in [0.3, 0.4) is 0 Å². The fraction of sp³-hybridized carbons (Fsp3) is 0.273.